The zero-order valence-electron chi connectivity index (χ0n) is 12.3. The van der Waals surface area contributed by atoms with E-state index in [0.29, 0.717) is 12.1 Å². The molecule has 20 heavy (non-hydrogen) atoms. The van der Waals surface area contributed by atoms with Crippen LogP contribution in [0.4, 0.5) is 0 Å². The van der Waals surface area contributed by atoms with Crippen LogP contribution < -0.4 is 10.1 Å². The van der Waals surface area contributed by atoms with Gasteiger partial charge in [0.2, 0.25) is 0 Å². The quantitative estimate of drug-likeness (QED) is 0.758. The van der Waals surface area contributed by atoms with Gasteiger partial charge < -0.3 is 14.8 Å². The Labute approximate surface area is 130 Å². The number of halogens is 1. The first kappa shape index (κ1) is 15.8. The number of benzene rings is 1. The molecule has 0 saturated carbocycles. The van der Waals surface area contributed by atoms with E-state index in [9.17, 15) is 0 Å². The molecule has 0 bridgehead atoms. The summed E-state index contributed by atoms with van der Waals surface area (Å²) in [5.41, 5.74) is 1.27. The Morgan fingerprint density at radius 1 is 1.40 bits per heavy atom. The normalized spacial score (nSPS) is 17.9. The summed E-state index contributed by atoms with van der Waals surface area (Å²) in [5, 5.41) is 3.64. The molecule has 0 radical (unpaired) electrons. The molecule has 0 aliphatic carbocycles. The highest BCUT2D eigenvalue weighted by Crippen LogP contribution is 2.33. The molecule has 1 heterocycles. The van der Waals surface area contributed by atoms with Gasteiger partial charge in [0.05, 0.1) is 12.7 Å². The maximum atomic E-state index is 5.70. The summed E-state index contributed by atoms with van der Waals surface area (Å²) in [4.78, 5) is 0. The van der Waals surface area contributed by atoms with E-state index in [1.54, 1.807) is 0 Å². The third kappa shape index (κ3) is 4.76. The van der Waals surface area contributed by atoms with Crippen molar-refractivity contribution >= 4 is 15.9 Å². The molecule has 0 fully saturated rings. The van der Waals surface area contributed by atoms with Crippen LogP contribution in [0.15, 0.2) is 22.7 Å². The Morgan fingerprint density at radius 2 is 2.25 bits per heavy atom. The average Bonchev–Trinajstić information content (AvgIpc) is 2.42. The molecular formula is C16H24BrNO2. The molecule has 0 saturated heterocycles. The molecule has 1 N–H and O–H groups in total. The van der Waals surface area contributed by atoms with Gasteiger partial charge >= 0.3 is 0 Å². The second-order valence-corrected chi connectivity index (χ2v) is 6.37. The van der Waals surface area contributed by atoms with E-state index in [0.717, 1.165) is 49.2 Å². The number of unbranched alkanes of at least 4 members (excludes halogenated alkanes) is 1. The van der Waals surface area contributed by atoms with Crippen molar-refractivity contribution in [2.24, 2.45) is 0 Å². The van der Waals surface area contributed by atoms with Gasteiger partial charge in [0.25, 0.3) is 0 Å². The lowest BCUT2D eigenvalue weighted by atomic mass is 10.0. The Hall–Kier alpha value is -0.580. The van der Waals surface area contributed by atoms with Gasteiger partial charge in [0, 0.05) is 29.1 Å². The first-order valence-corrected chi connectivity index (χ1v) is 8.23. The average molecular weight is 342 g/mol. The highest BCUT2D eigenvalue weighted by atomic mass is 79.9. The summed E-state index contributed by atoms with van der Waals surface area (Å²) < 4.78 is 12.4. The number of ether oxygens (including phenoxy) is 2. The van der Waals surface area contributed by atoms with Gasteiger partial charge in [0.1, 0.15) is 5.75 Å². The predicted octanol–water partition coefficient (Wildman–Crippen LogP) is 4.07. The van der Waals surface area contributed by atoms with Gasteiger partial charge in [-0.25, -0.2) is 0 Å². The van der Waals surface area contributed by atoms with E-state index >= 15 is 0 Å². The van der Waals surface area contributed by atoms with Gasteiger partial charge in [-0.3, -0.25) is 0 Å². The Balaban J connectivity index is 1.76. The molecular weight excluding hydrogens is 318 g/mol. The largest absolute Gasteiger partial charge is 0.493 e. The molecule has 1 aliphatic rings. The van der Waals surface area contributed by atoms with Crippen molar-refractivity contribution in [3.05, 3.63) is 28.2 Å². The molecule has 112 valence electrons. The standard InChI is InChI=1S/C16H24BrNO2/c1-12(2)19-9-4-3-8-18-15-7-10-20-16-6-5-13(17)11-14(15)16/h5-6,11-12,15,18H,3-4,7-10H2,1-2H3. The SMILES string of the molecule is CC(C)OCCCCNC1CCOc2ccc(Br)cc21. The third-order valence-corrected chi connectivity index (χ3v) is 3.92. The maximum Gasteiger partial charge on any atom is 0.124 e. The Kier molecular flexibility index (Phi) is 6.33. The highest BCUT2D eigenvalue weighted by Gasteiger charge is 2.20. The Morgan fingerprint density at radius 3 is 3.05 bits per heavy atom. The number of nitrogens with one attached hydrogen (secondary N) is 1. The van der Waals surface area contributed by atoms with Crippen LogP contribution in [-0.2, 0) is 4.74 Å². The van der Waals surface area contributed by atoms with E-state index in [1.165, 1.54) is 5.56 Å². The van der Waals surface area contributed by atoms with Gasteiger partial charge in [-0.15, -0.1) is 0 Å². The number of fused-ring (bicyclic) bond motifs is 1. The van der Waals surface area contributed by atoms with E-state index in [-0.39, 0.29) is 0 Å². The fraction of sp³-hybridized carbons (Fsp3) is 0.625. The van der Waals surface area contributed by atoms with Crippen LogP contribution >= 0.6 is 15.9 Å². The number of rotatable bonds is 7. The summed E-state index contributed by atoms with van der Waals surface area (Å²) >= 11 is 3.53. The first-order valence-electron chi connectivity index (χ1n) is 7.44. The minimum absolute atomic E-state index is 0.336. The van der Waals surface area contributed by atoms with E-state index in [2.05, 4.69) is 41.2 Å². The van der Waals surface area contributed by atoms with Crippen LogP contribution in [-0.4, -0.2) is 25.9 Å². The van der Waals surface area contributed by atoms with Gasteiger partial charge in [-0.2, -0.15) is 0 Å². The number of hydrogen-bond donors (Lipinski definition) is 1. The summed E-state index contributed by atoms with van der Waals surface area (Å²) in [6.07, 6.45) is 3.63. The zero-order chi connectivity index (χ0) is 14.4. The monoisotopic (exact) mass is 341 g/mol. The molecule has 0 spiro atoms. The van der Waals surface area contributed by atoms with E-state index in [4.69, 9.17) is 9.47 Å². The first-order chi connectivity index (χ1) is 9.66. The lowest BCUT2D eigenvalue weighted by Crippen LogP contribution is -2.28. The lowest BCUT2D eigenvalue weighted by molar-refractivity contribution is 0.0758. The zero-order valence-corrected chi connectivity index (χ0v) is 13.9. The second-order valence-electron chi connectivity index (χ2n) is 5.45. The van der Waals surface area contributed by atoms with Crippen molar-refractivity contribution in [2.75, 3.05) is 19.8 Å². The van der Waals surface area contributed by atoms with Crippen LogP contribution in [0.25, 0.3) is 0 Å². The predicted molar refractivity (Wildman–Crippen MR) is 85.3 cm³/mol. The molecule has 1 aromatic rings. The molecule has 3 nitrogen and oxygen atoms in total. The molecule has 1 aromatic carbocycles. The lowest BCUT2D eigenvalue weighted by Gasteiger charge is -2.27. The van der Waals surface area contributed by atoms with Crippen molar-refractivity contribution in [3.63, 3.8) is 0 Å². The van der Waals surface area contributed by atoms with Gasteiger partial charge in [-0.05, 0) is 51.4 Å². The topological polar surface area (TPSA) is 30.5 Å². The fourth-order valence-corrected chi connectivity index (χ4v) is 2.78. The van der Waals surface area contributed by atoms with E-state index in [1.807, 2.05) is 12.1 Å². The fourth-order valence-electron chi connectivity index (χ4n) is 2.40. The summed E-state index contributed by atoms with van der Waals surface area (Å²) in [6, 6.07) is 6.64. The van der Waals surface area contributed by atoms with Crippen LogP contribution in [0, 0.1) is 0 Å². The van der Waals surface area contributed by atoms with Crippen LogP contribution in [0.5, 0.6) is 5.75 Å². The number of hydrogen-bond acceptors (Lipinski definition) is 3. The van der Waals surface area contributed by atoms with Crippen molar-refractivity contribution in [1.29, 1.82) is 0 Å². The van der Waals surface area contributed by atoms with Crippen LogP contribution in [0.2, 0.25) is 0 Å². The summed E-state index contributed by atoms with van der Waals surface area (Å²) in [5.74, 6) is 1.01. The smallest absolute Gasteiger partial charge is 0.124 e. The van der Waals surface area contributed by atoms with Crippen LogP contribution in [0.3, 0.4) is 0 Å². The second kappa shape index (κ2) is 8.01. The highest BCUT2D eigenvalue weighted by molar-refractivity contribution is 9.10. The minimum atomic E-state index is 0.336. The van der Waals surface area contributed by atoms with Gasteiger partial charge in [0.15, 0.2) is 0 Å². The molecule has 1 atom stereocenters. The molecule has 1 unspecified atom stereocenters. The summed E-state index contributed by atoms with van der Waals surface area (Å²) in [6.45, 7) is 6.83. The van der Waals surface area contributed by atoms with Crippen LogP contribution in [0.1, 0.15) is 44.7 Å². The van der Waals surface area contributed by atoms with Crippen molar-refractivity contribution in [1.82, 2.24) is 5.32 Å². The van der Waals surface area contributed by atoms with Crippen molar-refractivity contribution in [2.45, 2.75) is 45.3 Å². The van der Waals surface area contributed by atoms with Gasteiger partial charge in [-0.1, -0.05) is 15.9 Å². The summed E-state index contributed by atoms with van der Waals surface area (Å²) in [7, 11) is 0. The minimum Gasteiger partial charge on any atom is -0.493 e. The molecule has 1 aliphatic heterocycles. The van der Waals surface area contributed by atoms with E-state index < -0.39 is 0 Å². The molecule has 0 aromatic heterocycles. The molecule has 0 amide bonds. The maximum absolute atomic E-state index is 5.70. The third-order valence-electron chi connectivity index (χ3n) is 3.42. The van der Waals surface area contributed by atoms with Crippen molar-refractivity contribution in [3.8, 4) is 5.75 Å². The molecule has 4 heteroatoms. The Bertz CT molecular complexity index is 423. The van der Waals surface area contributed by atoms with Crippen molar-refractivity contribution < 1.29 is 9.47 Å². The molecule has 2 rings (SSSR count).